The second-order valence-corrected chi connectivity index (χ2v) is 7.63. The molecule has 3 heterocycles. The van der Waals surface area contributed by atoms with E-state index in [4.69, 9.17) is 9.84 Å². The highest BCUT2D eigenvalue weighted by Gasteiger charge is 2.55. The van der Waals surface area contributed by atoms with E-state index in [1.165, 1.54) is 11.9 Å². The maximum atomic E-state index is 13.1. The number of amides is 3. The smallest absolute Gasteiger partial charge is 0.397 e. The summed E-state index contributed by atoms with van der Waals surface area (Å²) in [6, 6.07) is 6.14. The number of anilines is 1. The van der Waals surface area contributed by atoms with Crippen molar-refractivity contribution in [2.75, 3.05) is 38.2 Å². The summed E-state index contributed by atoms with van der Waals surface area (Å²) in [5.41, 5.74) is 0.900. The first kappa shape index (κ1) is 19.9. The van der Waals surface area contributed by atoms with Gasteiger partial charge in [-0.25, -0.2) is 19.2 Å². The first-order valence-corrected chi connectivity index (χ1v) is 9.85. The van der Waals surface area contributed by atoms with Crippen LogP contribution in [0.5, 0.6) is 5.75 Å². The molecule has 0 aliphatic carbocycles. The number of carbonyl (C=O) groups excluding carboxylic acids is 2. The summed E-state index contributed by atoms with van der Waals surface area (Å²) in [5, 5.41) is 9.12. The first-order valence-electron chi connectivity index (χ1n) is 9.85. The van der Waals surface area contributed by atoms with Crippen molar-refractivity contribution in [2.24, 2.45) is 10.9 Å². The standard InChI is InChI=1S/C20H23N5O5/c1-4-30-14-7-5-13(6-8-14)23-9-12(2)10-24-16-17(21-19(23)24)22(3)20(29)25(18(16)28)11-15(26)27/h5-8,12,16H,4,9-11H2,1-3H3/p+1. The van der Waals surface area contributed by atoms with E-state index in [0.29, 0.717) is 31.5 Å². The molecule has 4 rings (SSSR count). The van der Waals surface area contributed by atoms with Crippen molar-refractivity contribution in [1.82, 2.24) is 9.80 Å². The maximum absolute atomic E-state index is 13.1. The summed E-state index contributed by atoms with van der Waals surface area (Å²) in [4.78, 5) is 45.5. The van der Waals surface area contributed by atoms with Crippen LogP contribution in [0.4, 0.5) is 10.5 Å². The zero-order valence-electron chi connectivity index (χ0n) is 17.1. The van der Waals surface area contributed by atoms with Gasteiger partial charge in [0.25, 0.3) is 5.91 Å². The minimum Gasteiger partial charge on any atom is -0.494 e. The third kappa shape index (κ3) is 3.17. The number of fused-ring (bicyclic) bond motifs is 2. The van der Waals surface area contributed by atoms with Crippen molar-refractivity contribution in [3.8, 4) is 5.75 Å². The van der Waals surface area contributed by atoms with Crippen LogP contribution in [0.2, 0.25) is 0 Å². The monoisotopic (exact) mass is 414 g/mol. The number of benzene rings is 1. The Balaban J connectivity index is 1.73. The SMILES string of the molecule is CCOc1ccc(N2CC(C)C[N+]3=C2N=C2C3C(=O)N(CC(=O)O)C(=O)N2C)cc1. The third-order valence-electron chi connectivity index (χ3n) is 5.39. The molecule has 0 radical (unpaired) electrons. The number of aliphatic imine (C=N–C) groups is 1. The van der Waals surface area contributed by atoms with Crippen molar-refractivity contribution in [1.29, 1.82) is 0 Å². The van der Waals surface area contributed by atoms with E-state index >= 15 is 0 Å². The number of nitrogens with zero attached hydrogens (tertiary/aromatic N) is 5. The molecule has 30 heavy (non-hydrogen) atoms. The lowest BCUT2D eigenvalue weighted by Gasteiger charge is -2.34. The van der Waals surface area contributed by atoms with E-state index in [1.807, 2.05) is 40.7 Å². The van der Waals surface area contributed by atoms with E-state index in [1.54, 1.807) is 0 Å². The fourth-order valence-electron chi connectivity index (χ4n) is 4.09. The van der Waals surface area contributed by atoms with Gasteiger partial charge >= 0.3 is 18.0 Å². The van der Waals surface area contributed by atoms with Gasteiger partial charge in [-0.3, -0.25) is 14.5 Å². The molecule has 0 aromatic heterocycles. The predicted molar refractivity (Wildman–Crippen MR) is 108 cm³/mol. The van der Waals surface area contributed by atoms with Gasteiger partial charge in [-0.1, -0.05) is 11.9 Å². The van der Waals surface area contributed by atoms with Crippen molar-refractivity contribution in [3.63, 3.8) is 0 Å². The van der Waals surface area contributed by atoms with Crippen LogP contribution < -0.4 is 9.64 Å². The van der Waals surface area contributed by atoms with E-state index in [9.17, 15) is 14.4 Å². The number of carbonyl (C=O) groups is 3. The number of ether oxygens (including phenoxy) is 1. The highest BCUT2D eigenvalue weighted by Crippen LogP contribution is 2.29. The van der Waals surface area contributed by atoms with Crippen LogP contribution in [0.25, 0.3) is 0 Å². The normalized spacial score (nSPS) is 23.4. The number of aliphatic carboxylic acids is 1. The van der Waals surface area contributed by atoms with Gasteiger partial charge in [0.05, 0.1) is 19.7 Å². The number of carboxylic acid groups (broad SMARTS) is 1. The number of hydrogen-bond donors (Lipinski definition) is 1. The van der Waals surface area contributed by atoms with Gasteiger partial charge in [-0.2, -0.15) is 0 Å². The molecule has 0 spiro atoms. The first-order chi connectivity index (χ1) is 14.3. The van der Waals surface area contributed by atoms with E-state index in [0.717, 1.165) is 16.3 Å². The molecule has 2 atom stereocenters. The molecular formula is C20H24N5O5+. The molecule has 1 aromatic carbocycles. The number of amidine groups is 1. The molecule has 3 aliphatic rings. The molecule has 0 bridgehead atoms. The van der Waals surface area contributed by atoms with E-state index in [2.05, 4.69) is 11.9 Å². The Kier molecular flexibility index (Phi) is 4.92. The van der Waals surface area contributed by atoms with Crippen LogP contribution in [-0.4, -0.2) is 88.5 Å². The second kappa shape index (κ2) is 7.43. The van der Waals surface area contributed by atoms with Crippen LogP contribution in [0.1, 0.15) is 13.8 Å². The lowest BCUT2D eigenvalue weighted by atomic mass is 10.1. The Hall–Kier alpha value is -3.43. The Morgan fingerprint density at radius 1 is 1.30 bits per heavy atom. The molecule has 1 aromatic rings. The number of guanidine groups is 1. The van der Waals surface area contributed by atoms with Crippen LogP contribution >= 0.6 is 0 Å². The number of urea groups is 1. The van der Waals surface area contributed by atoms with Gasteiger partial charge in [0.15, 0.2) is 0 Å². The topological polar surface area (TPSA) is 106 Å². The van der Waals surface area contributed by atoms with Crippen molar-refractivity contribution >= 4 is 35.4 Å². The Labute approximate surface area is 173 Å². The minimum absolute atomic E-state index is 0.221. The average Bonchev–Trinajstić information content (AvgIpc) is 3.09. The number of rotatable bonds is 5. The summed E-state index contributed by atoms with van der Waals surface area (Å²) in [6.07, 6.45) is 0. The molecule has 10 nitrogen and oxygen atoms in total. The van der Waals surface area contributed by atoms with E-state index in [-0.39, 0.29) is 5.92 Å². The van der Waals surface area contributed by atoms with Gasteiger partial charge in [0, 0.05) is 13.0 Å². The Morgan fingerprint density at radius 3 is 2.63 bits per heavy atom. The summed E-state index contributed by atoms with van der Waals surface area (Å²) < 4.78 is 7.37. The Bertz CT molecular complexity index is 970. The van der Waals surface area contributed by atoms with Gasteiger partial charge in [0.1, 0.15) is 18.0 Å². The average molecular weight is 414 g/mol. The lowest BCUT2D eigenvalue weighted by Crippen LogP contribution is -2.64. The number of likely N-dealkylation sites (N-methyl/N-ethyl adjacent to an activating group) is 1. The molecular weight excluding hydrogens is 390 g/mol. The quantitative estimate of drug-likeness (QED) is 0.710. The number of hydrogen-bond acceptors (Lipinski definition) is 6. The van der Waals surface area contributed by atoms with Crippen LogP contribution in [-0.2, 0) is 9.59 Å². The van der Waals surface area contributed by atoms with Gasteiger partial charge in [0.2, 0.25) is 11.9 Å². The fraction of sp³-hybridized carbons (Fsp3) is 0.450. The van der Waals surface area contributed by atoms with Gasteiger partial charge < -0.3 is 9.84 Å². The molecule has 0 saturated carbocycles. The van der Waals surface area contributed by atoms with E-state index < -0.39 is 30.5 Å². The molecule has 1 N–H and O–H groups in total. The second-order valence-electron chi connectivity index (χ2n) is 7.63. The van der Waals surface area contributed by atoms with Crippen molar-refractivity contribution in [3.05, 3.63) is 24.3 Å². The zero-order valence-corrected chi connectivity index (χ0v) is 17.1. The van der Waals surface area contributed by atoms with Gasteiger partial charge in [-0.05, 0) is 31.2 Å². The highest BCUT2D eigenvalue weighted by molar-refractivity contribution is 6.24. The third-order valence-corrected chi connectivity index (χ3v) is 5.39. The molecule has 2 unspecified atom stereocenters. The summed E-state index contributed by atoms with van der Waals surface area (Å²) in [7, 11) is 1.51. The number of imide groups is 1. The van der Waals surface area contributed by atoms with Crippen LogP contribution in [0.3, 0.4) is 0 Å². The number of carboxylic acids is 1. The minimum atomic E-state index is -1.24. The zero-order chi connectivity index (χ0) is 21.6. The highest BCUT2D eigenvalue weighted by atomic mass is 16.5. The van der Waals surface area contributed by atoms with Crippen molar-refractivity contribution in [2.45, 2.75) is 19.9 Å². The molecule has 10 heteroatoms. The molecule has 1 saturated heterocycles. The fourth-order valence-corrected chi connectivity index (χ4v) is 4.09. The summed E-state index contributed by atoms with van der Waals surface area (Å²) in [6.45, 7) is 5.19. The Morgan fingerprint density at radius 2 is 2.00 bits per heavy atom. The molecule has 3 aliphatic heterocycles. The summed E-state index contributed by atoms with van der Waals surface area (Å²) >= 11 is 0. The predicted octanol–water partition coefficient (Wildman–Crippen LogP) is 0.669. The van der Waals surface area contributed by atoms with Crippen LogP contribution in [0.15, 0.2) is 29.3 Å². The summed E-state index contributed by atoms with van der Waals surface area (Å²) in [5.74, 6) is 0.0998. The molecule has 158 valence electrons. The lowest BCUT2D eigenvalue weighted by molar-refractivity contribution is -0.545. The molecule has 3 amide bonds. The largest absolute Gasteiger partial charge is 0.494 e. The molecule has 1 fully saturated rings. The van der Waals surface area contributed by atoms with Crippen molar-refractivity contribution < 1.29 is 28.8 Å². The van der Waals surface area contributed by atoms with Crippen LogP contribution in [0, 0.1) is 5.92 Å². The maximum Gasteiger partial charge on any atom is 0.397 e. The van der Waals surface area contributed by atoms with Gasteiger partial charge in [-0.15, -0.1) is 0 Å².